The van der Waals surface area contributed by atoms with Crippen molar-refractivity contribution in [1.29, 1.82) is 0 Å². The van der Waals surface area contributed by atoms with Crippen molar-refractivity contribution in [1.82, 2.24) is 19.6 Å². The van der Waals surface area contributed by atoms with Gasteiger partial charge in [0.2, 0.25) is 11.5 Å². The van der Waals surface area contributed by atoms with E-state index in [2.05, 4.69) is 9.80 Å². The normalized spacial score (nSPS) is 17.2. The van der Waals surface area contributed by atoms with E-state index in [0.717, 1.165) is 61.5 Å². The molecular formula is C48H60N4O8. The number of ether oxygens (including phenoxy) is 6. The first-order chi connectivity index (χ1) is 29.2. The minimum atomic E-state index is 0.0698. The van der Waals surface area contributed by atoms with E-state index < -0.39 is 0 Å². The Morgan fingerprint density at radius 1 is 0.450 bits per heavy atom. The highest BCUT2D eigenvalue weighted by Gasteiger charge is 2.38. The number of piperazine rings is 2. The lowest BCUT2D eigenvalue weighted by molar-refractivity contribution is 0.0199. The Balaban J connectivity index is 0.913. The molecule has 7 rings (SSSR count). The minimum Gasteiger partial charge on any atom is -0.493 e. The molecule has 2 saturated heterocycles. The average molecular weight is 821 g/mol. The lowest BCUT2D eigenvalue weighted by Crippen LogP contribution is -2.56. The maximum absolute atomic E-state index is 13.7. The molecule has 0 radical (unpaired) electrons. The van der Waals surface area contributed by atoms with Crippen molar-refractivity contribution in [2.75, 3.05) is 108 Å². The molecule has 3 aliphatic rings. The maximum Gasteiger partial charge on any atom is 0.253 e. The van der Waals surface area contributed by atoms with Crippen LogP contribution in [0.25, 0.3) is 22.3 Å². The molecule has 0 bridgehead atoms. The minimum absolute atomic E-state index is 0.0698. The lowest BCUT2D eigenvalue weighted by Gasteiger charge is -2.47. The van der Waals surface area contributed by atoms with Gasteiger partial charge in [-0.05, 0) is 89.0 Å². The van der Waals surface area contributed by atoms with Gasteiger partial charge in [-0.1, -0.05) is 43.5 Å². The van der Waals surface area contributed by atoms with Gasteiger partial charge in [0.25, 0.3) is 11.8 Å². The highest BCUT2D eigenvalue weighted by Crippen LogP contribution is 2.43. The summed E-state index contributed by atoms with van der Waals surface area (Å²) in [6.07, 6.45) is 6.26. The second-order valence-corrected chi connectivity index (χ2v) is 16.2. The molecule has 0 atom stereocenters. The fraction of sp³-hybridized carbons (Fsp3) is 0.458. The number of hydrogen-bond acceptors (Lipinski definition) is 10. The number of methoxy groups -OCH3 is 6. The van der Waals surface area contributed by atoms with Gasteiger partial charge in [0.1, 0.15) is 0 Å². The first kappa shape index (κ1) is 42.7. The molecule has 60 heavy (non-hydrogen) atoms. The van der Waals surface area contributed by atoms with Crippen molar-refractivity contribution in [2.45, 2.75) is 32.1 Å². The standard InChI is InChI=1S/C48H60N4O8/c1-55-40-28-38(29-41(56-2)44(40)59-5)34-10-14-36(15-11-34)46(53)51-24-20-49(21-25-51)32-48(18-8-7-9-19-48)33-50-22-26-52(27-23-50)47(54)37-16-12-35(13-17-37)39-30-42(57-3)45(60-6)43(31-39)58-4/h10-17,28-31H,7-9,18-27,32-33H2,1-6H3. The molecule has 0 aromatic heterocycles. The van der Waals surface area contributed by atoms with E-state index in [0.29, 0.717) is 71.8 Å². The van der Waals surface area contributed by atoms with Gasteiger partial charge >= 0.3 is 0 Å². The topological polar surface area (TPSA) is 102 Å². The largest absolute Gasteiger partial charge is 0.493 e. The summed E-state index contributed by atoms with van der Waals surface area (Å²) >= 11 is 0. The Morgan fingerprint density at radius 3 is 1.08 bits per heavy atom. The molecule has 4 aromatic rings. The van der Waals surface area contributed by atoms with E-state index in [1.54, 1.807) is 42.7 Å². The first-order valence-electron chi connectivity index (χ1n) is 21.1. The van der Waals surface area contributed by atoms with Crippen LogP contribution in [0.2, 0.25) is 0 Å². The molecular weight excluding hydrogens is 761 g/mol. The SMILES string of the molecule is COc1cc(-c2ccc(C(=O)N3CCN(CC4(CN5CCN(C(=O)c6ccc(-c7cc(OC)c(OC)c(OC)c7)cc6)CC5)CCCCC4)CC3)cc2)cc(OC)c1OC. The third-order valence-corrected chi connectivity index (χ3v) is 12.6. The van der Waals surface area contributed by atoms with Gasteiger partial charge in [-0.3, -0.25) is 19.4 Å². The quantitative estimate of drug-likeness (QED) is 0.130. The van der Waals surface area contributed by atoms with Crippen LogP contribution in [0.5, 0.6) is 34.5 Å². The van der Waals surface area contributed by atoms with Crippen molar-refractivity contribution in [3.8, 4) is 56.8 Å². The second kappa shape index (κ2) is 19.3. The van der Waals surface area contributed by atoms with Crippen molar-refractivity contribution in [2.24, 2.45) is 5.41 Å². The lowest BCUT2D eigenvalue weighted by atomic mass is 9.73. The molecule has 12 nitrogen and oxygen atoms in total. The number of amides is 2. The summed E-state index contributed by atoms with van der Waals surface area (Å²) in [4.78, 5) is 36.5. The summed E-state index contributed by atoms with van der Waals surface area (Å²) in [7, 11) is 9.60. The van der Waals surface area contributed by atoms with Gasteiger partial charge in [0.15, 0.2) is 23.0 Å². The van der Waals surface area contributed by atoms with E-state index in [9.17, 15) is 9.59 Å². The molecule has 2 amide bonds. The summed E-state index contributed by atoms with van der Waals surface area (Å²) < 4.78 is 33.1. The number of hydrogen-bond donors (Lipinski definition) is 0. The number of carbonyl (C=O) groups excluding carboxylic acids is 2. The third kappa shape index (κ3) is 9.29. The molecule has 0 N–H and O–H groups in total. The van der Waals surface area contributed by atoms with Gasteiger partial charge in [-0.15, -0.1) is 0 Å². The summed E-state index contributed by atoms with van der Waals surface area (Å²) in [6.45, 7) is 8.46. The predicted molar refractivity (Wildman–Crippen MR) is 233 cm³/mol. The third-order valence-electron chi connectivity index (χ3n) is 12.6. The van der Waals surface area contributed by atoms with Gasteiger partial charge in [0.05, 0.1) is 42.7 Å². The van der Waals surface area contributed by atoms with Crippen LogP contribution in [0.4, 0.5) is 0 Å². The zero-order valence-corrected chi connectivity index (χ0v) is 36.1. The first-order valence-corrected chi connectivity index (χ1v) is 21.1. The van der Waals surface area contributed by atoms with Gasteiger partial charge in [0, 0.05) is 76.6 Å². The summed E-state index contributed by atoms with van der Waals surface area (Å²) in [5, 5.41) is 0. The van der Waals surface area contributed by atoms with E-state index in [4.69, 9.17) is 28.4 Å². The monoisotopic (exact) mass is 820 g/mol. The van der Waals surface area contributed by atoms with Crippen LogP contribution in [-0.4, -0.2) is 140 Å². The fourth-order valence-electron chi connectivity index (χ4n) is 9.31. The van der Waals surface area contributed by atoms with Gasteiger partial charge in [-0.25, -0.2) is 0 Å². The number of rotatable bonds is 14. The Morgan fingerprint density at radius 2 is 0.783 bits per heavy atom. The highest BCUT2D eigenvalue weighted by atomic mass is 16.5. The number of benzene rings is 4. The smallest absolute Gasteiger partial charge is 0.253 e. The molecule has 0 unspecified atom stereocenters. The van der Waals surface area contributed by atoms with Crippen LogP contribution in [0, 0.1) is 5.41 Å². The fourth-order valence-corrected chi connectivity index (χ4v) is 9.31. The second-order valence-electron chi connectivity index (χ2n) is 16.2. The summed E-state index contributed by atoms with van der Waals surface area (Å²) in [5.74, 6) is 3.58. The molecule has 2 heterocycles. The molecule has 12 heteroatoms. The molecule has 3 fully saturated rings. The van der Waals surface area contributed by atoms with Crippen molar-refractivity contribution in [3.63, 3.8) is 0 Å². The van der Waals surface area contributed by atoms with E-state index in [1.165, 1.54) is 32.1 Å². The zero-order valence-electron chi connectivity index (χ0n) is 36.1. The van der Waals surface area contributed by atoms with E-state index >= 15 is 0 Å². The van der Waals surface area contributed by atoms with Crippen LogP contribution >= 0.6 is 0 Å². The predicted octanol–water partition coefficient (Wildman–Crippen LogP) is 7.24. The van der Waals surface area contributed by atoms with Crippen LogP contribution in [0.15, 0.2) is 72.8 Å². The van der Waals surface area contributed by atoms with Crippen LogP contribution < -0.4 is 28.4 Å². The molecule has 320 valence electrons. The average Bonchev–Trinajstić information content (AvgIpc) is 3.30. The summed E-state index contributed by atoms with van der Waals surface area (Å²) in [6, 6.07) is 23.2. The number of carbonyl (C=O) groups is 2. The van der Waals surface area contributed by atoms with Crippen molar-refractivity contribution in [3.05, 3.63) is 83.9 Å². The highest BCUT2D eigenvalue weighted by molar-refractivity contribution is 5.95. The molecule has 1 aliphatic carbocycles. The van der Waals surface area contributed by atoms with Crippen LogP contribution in [0.1, 0.15) is 52.8 Å². The van der Waals surface area contributed by atoms with Crippen molar-refractivity contribution >= 4 is 11.8 Å². The summed E-state index contributed by atoms with van der Waals surface area (Å²) in [5.41, 5.74) is 5.36. The Bertz CT molecular complexity index is 1890. The van der Waals surface area contributed by atoms with Gasteiger partial charge < -0.3 is 38.2 Å². The Labute approximate surface area is 354 Å². The zero-order chi connectivity index (χ0) is 42.2. The maximum atomic E-state index is 13.7. The van der Waals surface area contributed by atoms with E-state index in [1.807, 2.05) is 82.6 Å². The Hall–Kier alpha value is -5.46. The van der Waals surface area contributed by atoms with Crippen LogP contribution in [-0.2, 0) is 0 Å². The molecule has 0 spiro atoms. The molecule has 2 aliphatic heterocycles. The van der Waals surface area contributed by atoms with Gasteiger partial charge in [-0.2, -0.15) is 0 Å². The number of nitrogens with zero attached hydrogens (tertiary/aromatic N) is 4. The van der Waals surface area contributed by atoms with E-state index in [-0.39, 0.29) is 17.2 Å². The molecule has 1 saturated carbocycles. The van der Waals surface area contributed by atoms with Crippen LogP contribution in [0.3, 0.4) is 0 Å². The molecule has 4 aromatic carbocycles. The van der Waals surface area contributed by atoms with Crippen molar-refractivity contribution < 1.29 is 38.0 Å². The Kier molecular flexibility index (Phi) is 13.7.